The highest BCUT2D eigenvalue weighted by Gasteiger charge is 2.28. The van der Waals surface area contributed by atoms with Gasteiger partial charge in [0.05, 0.1) is 38.1 Å². The van der Waals surface area contributed by atoms with Gasteiger partial charge in [-0.3, -0.25) is 23.2 Å². The van der Waals surface area contributed by atoms with E-state index in [9.17, 15) is 44.0 Å². The lowest BCUT2D eigenvalue weighted by atomic mass is 10.0. The van der Waals surface area contributed by atoms with Crippen LogP contribution in [0.2, 0.25) is 0 Å². The van der Waals surface area contributed by atoms with E-state index < -0.39 is 84.5 Å². The zero-order valence-electron chi connectivity index (χ0n) is 40.0. The molecule has 0 bridgehead atoms. The van der Waals surface area contributed by atoms with Gasteiger partial charge in [-0.25, -0.2) is 9.13 Å². The fraction of sp³-hybridized carbons (Fsp3) is 0.750. The summed E-state index contributed by atoms with van der Waals surface area (Å²) in [5.41, 5.74) is 0. The van der Waals surface area contributed by atoms with Crippen molar-refractivity contribution in [3.05, 3.63) is 60.8 Å². The number of allylic oxidation sites excluding steroid dienone is 7. The number of hydrogen-bond donors (Lipinski definition) is 7. The van der Waals surface area contributed by atoms with Crippen molar-refractivity contribution in [2.75, 3.05) is 26.4 Å². The van der Waals surface area contributed by atoms with Gasteiger partial charge in [0.2, 0.25) is 0 Å². The number of aliphatic hydroxyl groups is 4. The number of rotatable bonds is 44. The molecule has 384 valence electrons. The van der Waals surface area contributed by atoms with E-state index in [4.69, 9.17) is 23.8 Å². The number of carbonyl (C=O) groups is 2. The fourth-order valence-corrected chi connectivity index (χ4v) is 7.56. The van der Waals surface area contributed by atoms with E-state index in [0.717, 1.165) is 38.0 Å². The molecule has 0 spiro atoms. The highest BCUT2D eigenvalue weighted by molar-refractivity contribution is 7.47. The number of carbonyl (C=O) groups excluding carboxylic acids is 2. The Balaban J connectivity index is 4.73. The van der Waals surface area contributed by atoms with Gasteiger partial charge in [0.15, 0.2) is 6.10 Å². The Labute approximate surface area is 395 Å². The topological polar surface area (TPSA) is 256 Å². The predicted molar refractivity (Wildman–Crippen MR) is 257 cm³/mol. The molecule has 0 fully saturated rings. The minimum absolute atomic E-state index is 0.0215. The molecule has 0 aromatic carbocycles. The SMILES string of the molecule is CC/C=C\C[C@H](O)/C=C/C=C/C=C\C=C/[C@@H](O)[C@H](O)CCCC(=O)O[C@H](COC(=O)CCCCCCCCCCCCCCCCCCC(C)C)COP(=O)(O)OC[C@@H](O)COP(=O)(O)O. The molecular formula is C48H86O16P2. The molecule has 0 saturated heterocycles. The maximum Gasteiger partial charge on any atom is 0.472 e. The Kier molecular flexibility index (Phi) is 40.2. The summed E-state index contributed by atoms with van der Waals surface area (Å²) in [4.78, 5) is 52.9. The van der Waals surface area contributed by atoms with Crippen LogP contribution in [-0.2, 0) is 41.8 Å². The summed E-state index contributed by atoms with van der Waals surface area (Å²) in [7, 11) is -9.82. The molecule has 66 heavy (non-hydrogen) atoms. The number of esters is 2. The van der Waals surface area contributed by atoms with Crippen LogP contribution >= 0.6 is 15.6 Å². The maximum atomic E-state index is 12.7. The third kappa shape index (κ3) is 44.2. The highest BCUT2D eigenvalue weighted by Crippen LogP contribution is 2.44. The lowest BCUT2D eigenvalue weighted by molar-refractivity contribution is -0.161. The molecule has 16 nitrogen and oxygen atoms in total. The minimum Gasteiger partial charge on any atom is -0.462 e. The van der Waals surface area contributed by atoms with E-state index >= 15 is 0 Å². The van der Waals surface area contributed by atoms with E-state index in [1.807, 2.05) is 19.1 Å². The zero-order valence-corrected chi connectivity index (χ0v) is 41.8. The maximum absolute atomic E-state index is 12.7. The number of hydrogen-bond acceptors (Lipinski definition) is 13. The summed E-state index contributed by atoms with van der Waals surface area (Å²) in [6.07, 6.45) is 33.0. The van der Waals surface area contributed by atoms with Gasteiger partial charge in [0.1, 0.15) is 12.7 Å². The van der Waals surface area contributed by atoms with Crippen LogP contribution in [-0.4, -0.2) is 104 Å². The highest BCUT2D eigenvalue weighted by atomic mass is 31.2. The minimum atomic E-state index is -4.91. The van der Waals surface area contributed by atoms with Crippen LogP contribution in [0.4, 0.5) is 0 Å². The molecular weight excluding hydrogens is 894 g/mol. The summed E-state index contributed by atoms with van der Waals surface area (Å²) in [6, 6.07) is 0. The lowest BCUT2D eigenvalue weighted by Gasteiger charge is -2.21. The van der Waals surface area contributed by atoms with Crippen LogP contribution < -0.4 is 0 Å². The normalized spacial score (nSPS) is 15.9. The molecule has 0 aliphatic carbocycles. The average molecular weight is 981 g/mol. The fourth-order valence-electron chi connectivity index (χ4n) is 6.40. The van der Waals surface area contributed by atoms with Gasteiger partial charge >= 0.3 is 27.6 Å². The zero-order chi connectivity index (χ0) is 49.3. The summed E-state index contributed by atoms with van der Waals surface area (Å²) in [6.45, 7) is 3.52. The van der Waals surface area contributed by atoms with Crippen molar-refractivity contribution in [2.45, 2.75) is 199 Å². The third-order valence-corrected chi connectivity index (χ3v) is 11.6. The molecule has 18 heteroatoms. The number of ether oxygens (including phenoxy) is 2. The molecule has 0 aromatic rings. The van der Waals surface area contributed by atoms with Crippen LogP contribution in [0, 0.1) is 5.92 Å². The summed E-state index contributed by atoms with van der Waals surface area (Å²) in [5, 5.41) is 40.3. The molecule has 1 unspecified atom stereocenters. The van der Waals surface area contributed by atoms with Crippen molar-refractivity contribution in [1.82, 2.24) is 0 Å². The van der Waals surface area contributed by atoms with Crippen molar-refractivity contribution in [2.24, 2.45) is 5.92 Å². The van der Waals surface area contributed by atoms with Gasteiger partial charge in [-0.1, -0.05) is 184 Å². The van der Waals surface area contributed by atoms with Gasteiger partial charge in [-0.05, 0) is 38.0 Å². The second-order valence-corrected chi connectivity index (χ2v) is 19.7. The van der Waals surface area contributed by atoms with Gasteiger partial charge in [0, 0.05) is 12.8 Å². The van der Waals surface area contributed by atoms with Gasteiger partial charge in [-0.2, -0.15) is 0 Å². The van der Waals surface area contributed by atoms with Crippen molar-refractivity contribution in [3.8, 4) is 0 Å². The van der Waals surface area contributed by atoms with Crippen molar-refractivity contribution < 1.29 is 76.9 Å². The Bertz CT molecular complexity index is 1460. The Morgan fingerprint density at radius 1 is 0.545 bits per heavy atom. The van der Waals surface area contributed by atoms with Gasteiger partial charge in [-0.15, -0.1) is 0 Å². The van der Waals surface area contributed by atoms with Crippen molar-refractivity contribution in [3.63, 3.8) is 0 Å². The van der Waals surface area contributed by atoms with E-state index in [0.29, 0.717) is 12.8 Å². The molecule has 6 atom stereocenters. The molecule has 7 N–H and O–H groups in total. The number of phosphoric acid groups is 2. The standard InChI is InChI=1S/C48H86O16P2/c1-4-5-24-31-42(49)32-26-21-18-19-22-27-33-45(51)46(52)34-29-36-48(54)64-44(40-63-66(58,59)62-38-43(50)37-61-65(55,56)57)39-60-47(53)35-28-23-17-15-13-11-9-7-6-8-10-12-14-16-20-25-30-41(2)3/h5,18-19,21-22,24,26-27,32-33,41-46,49-52H,4,6-17,20,23,25,28-31,34-40H2,1-3H3,(H,58,59)(H2,55,56,57)/b21-18+,22-19-,24-5-,32-26+,33-27-/t42-,43-,44+,45+,46+/m0/s1. The second-order valence-electron chi connectivity index (χ2n) is 17.1. The van der Waals surface area contributed by atoms with E-state index in [2.05, 4.69) is 22.9 Å². The van der Waals surface area contributed by atoms with E-state index in [-0.39, 0.29) is 25.7 Å². The van der Waals surface area contributed by atoms with Crippen LogP contribution in [0.25, 0.3) is 0 Å². The lowest BCUT2D eigenvalue weighted by Crippen LogP contribution is -2.30. The molecule has 0 saturated carbocycles. The molecule has 0 aliphatic rings. The van der Waals surface area contributed by atoms with Crippen molar-refractivity contribution in [1.29, 1.82) is 0 Å². The Morgan fingerprint density at radius 3 is 1.58 bits per heavy atom. The largest absolute Gasteiger partial charge is 0.472 e. The number of phosphoric ester groups is 2. The quantitative estimate of drug-likeness (QED) is 0.00986. The van der Waals surface area contributed by atoms with Gasteiger partial charge in [0.25, 0.3) is 0 Å². The van der Waals surface area contributed by atoms with E-state index in [1.165, 1.54) is 83.1 Å². The van der Waals surface area contributed by atoms with Crippen LogP contribution in [0.3, 0.4) is 0 Å². The number of unbranched alkanes of at least 4 members (excludes halogenated alkanes) is 15. The molecule has 0 radical (unpaired) electrons. The average Bonchev–Trinajstić information content (AvgIpc) is 3.25. The molecule has 0 aliphatic heterocycles. The number of aliphatic hydroxyl groups excluding tert-OH is 4. The molecule has 0 heterocycles. The molecule has 0 aromatic heterocycles. The first-order valence-electron chi connectivity index (χ1n) is 24.2. The Hall–Kier alpha value is -2.30. The van der Waals surface area contributed by atoms with E-state index in [1.54, 1.807) is 42.5 Å². The Morgan fingerprint density at radius 2 is 1.03 bits per heavy atom. The summed E-state index contributed by atoms with van der Waals surface area (Å²) < 4.78 is 47.6. The summed E-state index contributed by atoms with van der Waals surface area (Å²) >= 11 is 0. The first-order chi connectivity index (χ1) is 31.4. The second kappa shape index (κ2) is 41.7. The predicted octanol–water partition coefficient (Wildman–Crippen LogP) is 9.56. The molecule has 0 rings (SSSR count). The smallest absolute Gasteiger partial charge is 0.462 e. The molecule has 0 amide bonds. The van der Waals surface area contributed by atoms with Crippen LogP contribution in [0.5, 0.6) is 0 Å². The van der Waals surface area contributed by atoms with Crippen LogP contribution in [0.1, 0.15) is 168 Å². The first-order valence-corrected chi connectivity index (χ1v) is 27.2. The first kappa shape index (κ1) is 63.7. The summed E-state index contributed by atoms with van der Waals surface area (Å²) in [5.74, 6) is -0.552. The van der Waals surface area contributed by atoms with Crippen LogP contribution in [0.15, 0.2) is 60.8 Å². The third-order valence-electron chi connectivity index (χ3n) is 10.2. The van der Waals surface area contributed by atoms with Gasteiger partial charge < -0.3 is 44.6 Å². The monoisotopic (exact) mass is 981 g/mol. The van der Waals surface area contributed by atoms with Crippen molar-refractivity contribution >= 4 is 27.6 Å².